The highest BCUT2D eigenvalue weighted by molar-refractivity contribution is 7.99. The molecule has 1 aromatic rings. The van der Waals surface area contributed by atoms with Crippen molar-refractivity contribution in [2.45, 2.75) is 30.6 Å². The molecule has 0 fully saturated rings. The van der Waals surface area contributed by atoms with Crippen molar-refractivity contribution in [3.05, 3.63) is 23.9 Å². The second kappa shape index (κ2) is 7.72. The van der Waals surface area contributed by atoms with Gasteiger partial charge in [-0.2, -0.15) is 13.2 Å². The van der Waals surface area contributed by atoms with Gasteiger partial charge in [0, 0.05) is 18.0 Å². The van der Waals surface area contributed by atoms with Crippen molar-refractivity contribution in [3.63, 3.8) is 0 Å². The van der Waals surface area contributed by atoms with Crippen LogP contribution in [-0.4, -0.2) is 35.0 Å². The monoisotopic (exact) mass is 294 g/mol. The van der Waals surface area contributed by atoms with Gasteiger partial charge in [-0.1, -0.05) is 6.92 Å². The summed E-state index contributed by atoms with van der Waals surface area (Å²) in [6.07, 6.45) is -2.77. The fourth-order valence-corrected chi connectivity index (χ4v) is 2.39. The first-order valence-electron chi connectivity index (χ1n) is 5.97. The summed E-state index contributed by atoms with van der Waals surface area (Å²) in [5, 5.41) is 12.7. The summed E-state index contributed by atoms with van der Waals surface area (Å²) in [6.45, 7) is 2.77. The molecule has 1 atom stereocenters. The van der Waals surface area contributed by atoms with Crippen LogP contribution in [0, 0.1) is 0 Å². The third-order valence-corrected chi connectivity index (χ3v) is 3.47. The number of aromatic nitrogens is 1. The molecule has 3 nitrogen and oxygen atoms in total. The number of aliphatic hydroxyl groups is 1. The molecule has 19 heavy (non-hydrogen) atoms. The standard InChI is InChI=1S/C12H17F3N2OS/c1-2-16-10(8-18)5-6-19-11-4-3-9(7-17-11)12(13,14)15/h3-4,7,10,16,18H,2,5-6,8H2,1H3. The maximum absolute atomic E-state index is 12.3. The van der Waals surface area contributed by atoms with Gasteiger partial charge in [0.1, 0.15) is 0 Å². The van der Waals surface area contributed by atoms with Gasteiger partial charge in [0.25, 0.3) is 0 Å². The van der Waals surface area contributed by atoms with Crippen LogP contribution in [0.2, 0.25) is 0 Å². The third kappa shape index (κ3) is 5.80. The molecule has 108 valence electrons. The summed E-state index contributed by atoms with van der Waals surface area (Å²) in [6, 6.07) is 2.42. The molecule has 1 unspecified atom stereocenters. The Morgan fingerprint density at radius 3 is 2.63 bits per heavy atom. The molecule has 1 aromatic heterocycles. The molecule has 0 bridgehead atoms. The lowest BCUT2D eigenvalue weighted by Gasteiger charge is -2.14. The second-order valence-corrected chi connectivity index (χ2v) is 5.07. The maximum atomic E-state index is 12.3. The van der Waals surface area contributed by atoms with E-state index in [0.29, 0.717) is 10.8 Å². The zero-order valence-electron chi connectivity index (χ0n) is 10.6. The van der Waals surface area contributed by atoms with E-state index in [4.69, 9.17) is 5.11 Å². The first-order chi connectivity index (χ1) is 8.97. The Balaban J connectivity index is 2.42. The van der Waals surface area contributed by atoms with E-state index < -0.39 is 11.7 Å². The van der Waals surface area contributed by atoms with Gasteiger partial charge in [0.05, 0.1) is 17.2 Å². The van der Waals surface area contributed by atoms with Crippen LogP contribution in [0.4, 0.5) is 13.2 Å². The Morgan fingerprint density at radius 2 is 2.16 bits per heavy atom. The molecule has 1 rings (SSSR count). The normalized spacial score (nSPS) is 13.5. The molecule has 2 N–H and O–H groups in total. The van der Waals surface area contributed by atoms with Crippen LogP contribution >= 0.6 is 11.8 Å². The molecule has 7 heteroatoms. The summed E-state index contributed by atoms with van der Waals surface area (Å²) in [5.74, 6) is 0.691. The molecular weight excluding hydrogens is 277 g/mol. The van der Waals surface area contributed by atoms with Crippen LogP contribution in [0.15, 0.2) is 23.4 Å². The number of hydrogen-bond donors (Lipinski definition) is 2. The van der Waals surface area contributed by atoms with Crippen molar-refractivity contribution < 1.29 is 18.3 Å². The number of likely N-dealkylation sites (N-methyl/N-ethyl adjacent to an activating group) is 1. The highest BCUT2D eigenvalue weighted by atomic mass is 32.2. The van der Waals surface area contributed by atoms with E-state index in [9.17, 15) is 13.2 Å². The highest BCUT2D eigenvalue weighted by Crippen LogP contribution is 2.29. The van der Waals surface area contributed by atoms with Gasteiger partial charge in [0.15, 0.2) is 0 Å². The largest absolute Gasteiger partial charge is 0.417 e. The third-order valence-electron chi connectivity index (χ3n) is 2.49. The molecule has 0 saturated heterocycles. The van der Waals surface area contributed by atoms with Gasteiger partial charge in [-0.15, -0.1) is 11.8 Å². The van der Waals surface area contributed by atoms with E-state index >= 15 is 0 Å². The Kier molecular flexibility index (Phi) is 6.60. The van der Waals surface area contributed by atoms with E-state index in [1.807, 2.05) is 6.92 Å². The zero-order valence-corrected chi connectivity index (χ0v) is 11.4. The molecule has 0 spiro atoms. The van der Waals surface area contributed by atoms with E-state index in [1.54, 1.807) is 0 Å². The summed E-state index contributed by atoms with van der Waals surface area (Å²) in [5.41, 5.74) is -0.738. The molecule has 0 aliphatic rings. The van der Waals surface area contributed by atoms with E-state index in [-0.39, 0.29) is 12.6 Å². The van der Waals surface area contributed by atoms with E-state index in [0.717, 1.165) is 25.2 Å². The average Bonchev–Trinajstić information content (AvgIpc) is 2.37. The van der Waals surface area contributed by atoms with Crippen LogP contribution in [0.25, 0.3) is 0 Å². The van der Waals surface area contributed by atoms with Gasteiger partial charge in [-0.25, -0.2) is 4.98 Å². The van der Waals surface area contributed by atoms with Crippen LogP contribution in [0.5, 0.6) is 0 Å². The zero-order chi connectivity index (χ0) is 14.3. The van der Waals surface area contributed by atoms with Crippen LogP contribution < -0.4 is 5.32 Å². The summed E-state index contributed by atoms with van der Waals surface area (Å²) in [4.78, 5) is 3.77. The van der Waals surface area contributed by atoms with Crippen LogP contribution in [0.3, 0.4) is 0 Å². The van der Waals surface area contributed by atoms with Gasteiger partial charge in [0.2, 0.25) is 0 Å². The number of alkyl halides is 3. The number of nitrogens with one attached hydrogen (secondary N) is 1. The van der Waals surface area contributed by atoms with Crippen LogP contribution in [-0.2, 0) is 6.18 Å². The first kappa shape index (κ1) is 16.3. The number of thioether (sulfide) groups is 1. The van der Waals surface area contributed by atoms with Gasteiger partial charge < -0.3 is 10.4 Å². The quantitative estimate of drug-likeness (QED) is 0.759. The first-order valence-corrected chi connectivity index (χ1v) is 6.96. The lowest BCUT2D eigenvalue weighted by molar-refractivity contribution is -0.137. The minimum atomic E-state index is -4.34. The number of halogens is 3. The molecule has 0 amide bonds. The highest BCUT2D eigenvalue weighted by Gasteiger charge is 2.30. The molecule has 0 aliphatic heterocycles. The van der Waals surface area contributed by atoms with Gasteiger partial charge in [-0.3, -0.25) is 0 Å². The number of hydrogen-bond acceptors (Lipinski definition) is 4. The van der Waals surface area contributed by atoms with Crippen molar-refractivity contribution in [1.29, 1.82) is 0 Å². The van der Waals surface area contributed by atoms with E-state index in [1.165, 1.54) is 17.8 Å². The lowest BCUT2D eigenvalue weighted by Crippen LogP contribution is -2.32. The summed E-state index contributed by atoms with van der Waals surface area (Å²) >= 11 is 1.38. The Bertz CT molecular complexity index is 370. The molecule has 0 saturated carbocycles. The number of aliphatic hydroxyl groups excluding tert-OH is 1. The predicted molar refractivity (Wildman–Crippen MR) is 69.1 cm³/mol. The maximum Gasteiger partial charge on any atom is 0.417 e. The minimum Gasteiger partial charge on any atom is -0.395 e. The Morgan fingerprint density at radius 1 is 1.42 bits per heavy atom. The molecular formula is C12H17F3N2OS. The fourth-order valence-electron chi connectivity index (χ4n) is 1.49. The van der Waals surface area contributed by atoms with Crippen molar-refractivity contribution in [2.75, 3.05) is 18.9 Å². The Hall–Kier alpha value is -0.790. The Labute approximate surface area is 114 Å². The lowest BCUT2D eigenvalue weighted by atomic mass is 10.2. The number of nitrogens with zero attached hydrogens (tertiary/aromatic N) is 1. The predicted octanol–water partition coefficient (Wildman–Crippen LogP) is 2.55. The fraction of sp³-hybridized carbons (Fsp3) is 0.583. The van der Waals surface area contributed by atoms with Gasteiger partial charge in [-0.05, 0) is 25.1 Å². The molecule has 0 aliphatic carbocycles. The summed E-state index contributed by atoms with van der Waals surface area (Å²) < 4.78 is 37.0. The smallest absolute Gasteiger partial charge is 0.395 e. The summed E-state index contributed by atoms with van der Waals surface area (Å²) in [7, 11) is 0. The number of rotatable bonds is 7. The van der Waals surface area contributed by atoms with Crippen LogP contribution in [0.1, 0.15) is 18.9 Å². The van der Waals surface area contributed by atoms with Crippen molar-refractivity contribution in [1.82, 2.24) is 10.3 Å². The average molecular weight is 294 g/mol. The topological polar surface area (TPSA) is 45.1 Å². The SMILES string of the molecule is CCNC(CO)CCSc1ccc(C(F)(F)F)cn1. The minimum absolute atomic E-state index is 0.0203. The molecule has 1 heterocycles. The molecule has 0 aromatic carbocycles. The molecule has 0 radical (unpaired) electrons. The van der Waals surface area contributed by atoms with Gasteiger partial charge >= 0.3 is 6.18 Å². The van der Waals surface area contributed by atoms with Crippen molar-refractivity contribution in [2.24, 2.45) is 0 Å². The second-order valence-electron chi connectivity index (χ2n) is 3.96. The van der Waals surface area contributed by atoms with E-state index in [2.05, 4.69) is 10.3 Å². The number of pyridine rings is 1. The van der Waals surface area contributed by atoms with Crippen molar-refractivity contribution in [3.8, 4) is 0 Å². The van der Waals surface area contributed by atoms with Crippen molar-refractivity contribution >= 4 is 11.8 Å².